The predicted octanol–water partition coefficient (Wildman–Crippen LogP) is 3.48. The first kappa shape index (κ1) is 16.7. The summed E-state index contributed by atoms with van der Waals surface area (Å²) in [6.45, 7) is 0. The van der Waals surface area contributed by atoms with Crippen LogP contribution in [0.3, 0.4) is 0 Å². The first-order valence-electron chi connectivity index (χ1n) is 8.39. The van der Waals surface area contributed by atoms with Crippen LogP contribution in [-0.4, -0.2) is 17.9 Å². The molecule has 5 heteroatoms. The van der Waals surface area contributed by atoms with Crippen LogP contribution in [0.5, 0.6) is 0 Å². The van der Waals surface area contributed by atoms with Crippen LogP contribution in [0.15, 0.2) is 48.5 Å². The van der Waals surface area contributed by atoms with E-state index in [2.05, 4.69) is 10.6 Å². The fourth-order valence-electron chi connectivity index (χ4n) is 3.01. The van der Waals surface area contributed by atoms with Gasteiger partial charge in [0.25, 0.3) is 11.8 Å². The maximum atomic E-state index is 12.5. The molecule has 2 aromatic carbocycles. The standard InChI is InChI=1S/C20H19N3O2/c21-13-14-9-11-15(12-10-14)19(24)23-18-8-4-3-7-17(18)20(25)22-16-5-1-2-6-16/h3-4,7-12,16H,1-2,5-6H2,(H,22,25)(H,23,24). The third kappa shape index (κ3) is 4.04. The largest absolute Gasteiger partial charge is 0.349 e. The van der Waals surface area contributed by atoms with Gasteiger partial charge in [-0.15, -0.1) is 0 Å². The molecule has 2 N–H and O–H groups in total. The fraction of sp³-hybridized carbons (Fsp3) is 0.250. The summed E-state index contributed by atoms with van der Waals surface area (Å²) in [5, 5.41) is 14.6. The van der Waals surface area contributed by atoms with Crippen LogP contribution < -0.4 is 10.6 Å². The highest BCUT2D eigenvalue weighted by Crippen LogP contribution is 2.21. The van der Waals surface area contributed by atoms with Crippen molar-refractivity contribution in [2.75, 3.05) is 5.32 Å². The van der Waals surface area contributed by atoms with Crippen molar-refractivity contribution in [3.63, 3.8) is 0 Å². The second-order valence-electron chi connectivity index (χ2n) is 6.14. The number of carbonyl (C=O) groups is 2. The number of hydrogen-bond donors (Lipinski definition) is 2. The predicted molar refractivity (Wildman–Crippen MR) is 95.3 cm³/mol. The summed E-state index contributed by atoms with van der Waals surface area (Å²) in [4.78, 5) is 24.9. The Morgan fingerprint density at radius 3 is 2.32 bits per heavy atom. The topological polar surface area (TPSA) is 82.0 Å². The smallest absolute Gasteiger partial charge is 0.255 e. The Morgan fingerprint density at radius 2 is 1.64 bits per heavy atom. The SMILES string of the molecule is N#Cc1ccc(C(=O)Nc2ccccc2C(=O)NC2CCCC2)cc1. The summed E-state index contributed by atoms with van der Waals surface area (Å²) in [6.07, 6.45) is 4.29. The zero-order valence-electron chi connectivity index (χ0n) is 13.8. The van der Waals surface area contributed by atoms with Crippen LogP contribution in [0.25, 0.3) is 0 Å². The Bertz CT molecular complexity index is 816. The lowest BCUT2D eigenvalue weighted by Crippen LogP contribution is -2.33. The zero-order chi connectivity index (χ0) is 17.6. The van der Waals surface area contributed by atoms with Crippen molar-refractivity contribution in [2.24, 2.45) is 0 Å². The van der Waals surface area contributed by atoms with E-state index in [-0.39, 0.29) is 17.9 Å². The van der Waals surface area contributed by atoms with E-state index >= 15 is 0 Å². The van der Waals surface area contributed by atoms with Gasteiger partial charge in [0, 0.05) is 11.6 Å². The molecule has 1 aliphatic carbocycles. The van der Waals surface area contributed by atoms with E-state index in [0.29, 0.717) is 22.4 Å². The van der Waals surface area contributed by atoms with Crippen LogP contribution in [0.4, 0.5) is 5.69 Å². The van der Waals surface area contributed by atoms with Gasteiger partial charge in [0.05, 0.1) is 22.9 Å². The average Bonchev–Trinajstić information content (AvgIpc) is 3.15. The highest BCUT2D eigenvalue weighted by molar-refractivity contribution is 6.09. The molecule has 1 saturated carbocycles. The van der Waals surface area contributed by atoms with E-state index in [4.69, 9.17) is 5.26 Å². The third-order valence-corrected chi connectivity index (χ3v) is 4.39. The number of para-hydroxylation sites is 1. The first-order chi connectivity index (χ1) is 12.2. The summed E-state index contributed by atoms with van der Waals surface area (Å²) in [5.41, 5.74) is 1.86. The minimum absolute atomic E-state index is 0.164. The molecule has 5 nitrogen and oxygen atoms in total. The third-order valence-electron chi connectivity index (χ3n) is 4.39. The molecule has 0 heterocycles. The summed E-state index contributed by atoms with van der Waals surface area (Å²) in [6, 6.07) is 15.6. The van der Waals surface area contributed by atoms with Crippen molar-refractivity contribution >= 4 is 17.5 Å². The van der Waals surface area contributed by atoms with Crippen LogP contribution in [0.1, 0.15) is 52.0 Å². The molecule has 0 aromatic heterocycles. The number of hydrogen-bond acceptors (Lipinski definition) is 3. The minimum Gasteiger partial charge on any atom is -0.349 e. The van der Waals surface area contributed by atoms with E-state index in [1.54, 1.807) is 48.5 Å². The lowest BCUT2D eigenvalue weighted by Gasteiger charge is -2.15. The van der Waals surface area contributed by atoms with Gasteiger partial charge >= 0.3 is 0 Å². The van der Waals surface area contributed by atoms with Gasteiger partial charge in [-0.2, -0.15) is 5.26 Å². The van der Waals surface area contributed by atoms with E-state index in [1.807, 2.05) is 6.07 Å². The molecule has 3 rings (SSSR count). The van der Waals surface area contributed by atoms with Gasteiger partial charge in [0.2, 0.25) is 0 Å². The van der Waals surface area contributed by atoms with Gasteiger partial charge in [-0.3, -0.25) is 9.59 Å². The quantitative estimate of drug-likeness (QED) is 0.898. The molecular formula is C20H19N3O2. The average molecular weight is 333 g/mol. The van der Waals surface area contributed by atoms with Gasteiger partial charge in [-0.25, -0.2) is 0 Å². The maximum absolute atomic E-state index is 12.5. The Balaban J connectivity index is 1.74. The van der Waals surface area contributed by atoms with Gasteiger partial charge in [0.15, 0.2) is 0 Å². The number of nitriles is 1. The highest BCUT2D eigenvalue weighted by atomic mass is 16.2. The molecule has 0 spiro atoms. The molecule has 2 amide bonds. The molecule has 0 bridgehead atoms. The van der Waals surface area contributed by atoms with Crippen molar-refractivity contribution in [3.8, 4) is 6.07 Å². The number of nitrogens with one attached hydrogen (secondary N) is 2. The number of benzene rings is 2. The first-order valence-corrected chi connectivity index (χ1v) is 8.39. The summed E-state index contributed by atoms with van der Waals surface area (Å²) >= 11 is 0. The molecule has 0 saturated heterocycles. The monoisotopic (exact) mass is 333 g/mol. The molecule has 25 heavy (non-hydrogen) atoms. The molecule has 1 aliphatic rings. The van der Waals surface area contributed by atoms with Crippen LogP contribution >= 0.6 is 0 Å². The Morgan fingerprint density at radius 1 is 0.960 bits per heavy atom. The Labute approximate surface area is 146 Å². The molecule has 0 atom stereocenters. The lowest BCUT2D eigenvalue weighted by atomic mass is 10.1. The molecule has 0 aliphatic heterocycles. The van der Waals surface area contributed by atoms with Gasteiger partial charge in [-0.1, -0.05) is 25.0 Å². The minimum atomic E-state index is -0.314. The molecule has 0 radical (unpaired) electrons. The normalized spacial score (nSPS) is 13.9. The van der Waals surface area contributed by atoms with Gasteiger partial charge in [0.1, 0.15) is 0 Å². The van der Waals surface area contributed by atoms with Crippen LogP contribution in [0.2, 0.25) is 0 Å². The molecule has 2 aromatic rings. The zero-order valence-corrected chi connectivity index (χ0v) is 13.8. The molecular weight excluding hydrogens is 314 g/mol. The van der Waals surface area contributed by atoms with E-state index < -0.39 is 0 Å². The van der Waals surface area contributed by atoms with Crippen LogP contribution in [-0.2, 0) is 0 Å². The highest BCUT2D eigenvalue weighted by Gasteiger charge is 2.20. The van der Waals surface area contributed by atoms with Crippen molar-refractivity contribution < 1.29 is 9.59 Å². The van der Waals surface area contributed by atoms with E-state index in [1.165, 1.54) is 0 Å². The van der Waals surface area contributed by atoms with E-state index in [0.717, 1.165) is 25.7 Å². The lowest BCUT2D eigenvalue weighted by molar-refractivity contribution is 0.0939. The molecule has 126 valence electrons. The number of carbonyl (C=O) groups excluding carboxylic acids is 2. The summed E-state index contributed by atoms with van der Waals surface area (Å²) < 4.78 is 0. The van der Waals surface area contributed by atoms with Crippen molar-refractivity contribution in [1.29, 1.82) is 5.26 Å². The fourth-order valence-corrected chi connectivity index (χ4v) is 3.01. The second kappa shape index (κ2) is 7.63. The Hall–Kier alpha value is -3.13. The summed E-state index contributed by atoms with van der Waals surface area (Å²) in [5.74, 6) is -0.478. The van der Waals surface area contributed by atoms with Crippen molar-refractivity contribution in [2.45, 2.75) is 31.7 Å². The number of rotatable bonds is 4. The van der Waals surface area contributed by atoms with Gasteiger partial charge in [-0.05, 0) is 49.2 Å². The maximum Gasteiger partial charge on any atom is 0.255 e. The molecule has 0 unspecified atom stereocenters. The van der Waals surface area contributed by atoms with Gasteiger partial charge < -0.3 is 10.6 Å². The Kier molecular flexibility index (Phi) is 5.10. The number of amides is 2. The summed E-state index contributed by atoms with van der Waals surface area (Å²) in [7, 11) is 0. The second-order valence-corrected chi connectivity index (χ2v) is 6.14. The number of nitrogens with zero attached hydrogens (tertiary/aromatic N) is 1. The van der Waals surface area contributed by atoms with E-state index in [9.17, 15) is 9.59 Å². The van der Waals surface area contributed by atoms with Crippen molar-refractivity contribution in [1.82, 2.24) is 5.32 Å². The van der Waals surface area contributed by atoms with Crippen LogP contribution in [0, 0.1) is 11.3 Å². The molecule has 1 fully saturated rings. The van der Waals surface area contributed by atoms with Crippen molar-refractivity contribution in [3.05, 3.63) is 65.2 Å². The number of anilines is 1.